The van der Waals surface area contributed by atoms with E-state index in [-0.39, 0.29) is 6.10 Å². The summed E-state index contributed by atoms with van der Waals surface area (Å²) in [4.78, 5) is 11.9. The first kappa shape index (κ1) is 19.6. The summed E-state index contributed by atoms with van der Waals surface area (Å²) in [7, 11) is 0. The van der Waals surface area contributed by atoms with E-state index in [1.165, 1.54) is 5.56 Å². The Kier molecular flexibility index (Phi) is 6.45. The van der Waals surface area contributed by atoms with Crippen LogP contribution in [0.5, 0.6) is 5.88 Å². The van der Waals surface area contributed by atoms with Gasteiger partial charge in [-0.3, -0.25) is 4.90 Å². The molecule has 2 aromatic rings. The zero-order valence-electron chi connectivity index (χ0n) is 16.5. The molecule has 1 atom stereocenters. The molecule has 5 nitrogen and oxygen atoms in total. The molecule has 1 aromatic heterocycles. The second-order valence-electron chi connectivity index (χ2n) is 7.54. The van der Waals surface area contributed by atoms with Crippen molar-refractivity contribution in [3.63, 3.8) is 0 Å². The molecule has 6 heteroatoms. The normalized spacial score (nSPS) is 20.4. The molecule has 1 fully saturated rings. The molecule has 0 unspecified atom stereocenters. The first-order valence-corrected chi connectivity index (χ1v) is 10.7. The molecule has 4 rings (SSSR count). The van der Waals surface area contributed by atoms with E-state index in [0.29, 0.717) is 6.61 Å². The van der Waals surface area contributed by atoms with Crippen molar-refractivity contribution < 1.29 is 9.47 Å². The molecule has 0 saturated carbocycles. The van der Waals surface area contributed by atoms with Crippen LogP contribution in [0.1, 0.15) is 42.4 Å². The van der Waals surface area contributed by atoms with Crippen LogP contribution in [0.4, 0.5) is 0 Å². The van der Waals surface area contributed by atoms with Gasteiger partial charge in [0.05, 0.1) is 18.9 Å². The van der Waals surface area contributed by atoms with Crippen molar-refractivity contribution in [3.05, 3.63) is 51.9 Å². The second kappa shape index (κ2) is 9.21. The fourth-order valence-electron chi connectivity index (χ4n) is 3.99. The first-order valence-electron chi connectivity index (χ1n) is 10.3. The molecule has 2 aliphatic heterocycles. The third-order valence-electron chi connectivity index (χ3n) is 5.49. The van der Waals surface area contributed by atoms with Crippen LogP contribution in [0.3, 0.4) is 0 Å². The highest BCUT2D eigenvalue weighted by molar-refractivity contribution is 6.31. The Labute approximate surface area is 172 Å². The van der Waals surface area contributed by atoms with Crippen LogP contribution < -0.4 is 4.74 Å². The summed E-state index contributed by atoms with van der Waals surface area (Å²) >= 11 is 6.35. The van der Waals surface area contributed by atoms with Crippen LogP contribution >= 0.6 is 11.6 Å². The fourth-order valence-corrected chi connectivity index (χ4v) is 4.19. The molecule has 150 valence electrons. The molecule has 0 N–H and O–H groups in total. The number of benzene rings is 1. The predicted octanol–water partition coefficient (Wildman–Crippen LogP) is 3.85. The highest BCUT2D eigenvalue weighted by Gasteiger charge is 2.25. The molecule has 0 spiro atoms. The van der Waals surface area contributed by atoms with Gasteiger partial charge in [0, 0.05) is 42.9 Å². The Balaban J connectivity index is 1.48. The molecular formula is C22H28ClN3O2. The smallest absolute Gasteiger partial charge is 0.220 e. The number of piperidine rings is 1. The lowest BCUT2D eigenvalue weighted by Gasteiger charge is -2.33. The molecule has 28 heavy (non-hydrogen) atoms. The van der Waals surface area contributed by atoms with Crippen molar-refractivity contribution in [1.82, 2.24) is 14.9 Å². The molecule has 0 bridgehead atoms. The number of likely N-dealkylation sites (tertiary alicyclic amines) is 1. The summed E-state index contributed by atoms with van der Waals surface area (Å²) in [5.74, 6) is 1.64. The van der Waals surface area contributed by atoms with E-state index < -0.39 is 0 Å². The van der Waals surface area contributed by atoms with Crippen molar-refractivity contribution in [2.75, 3.05) is 26.3 Å². The van der Waals surface area contributed by atoms with Crippen LogP contribution in [-0.2, 0) is 30.5 Å². The second-order valence-corrected chi connectivity index (χ2v) is 7.95. The number of rotatable bonds is 5. The highest BCUT2D eigenvalue weighted by atomic mass is 35.5. The molecule has 0 amide bonds. The molecule has 0 aliphatic carbocycles. The van der Waals surface area contributed by atoms with Gasteiger partial charge in [-0.1, -0.05) is 36.7 Å². The summed E-state index contributed by atoms with van der Waals surface area (Å²) in [5.41, 5.74) is 3.41. The van der Waals surface area contributed by atoms with Gasteiger partial charge in [0.1, 0.15) is 11.9 Å². The number of fused-ring (bicyclic) bond motifs is 1. The quantitative estimate of drug-likeness (QED) is 0.761. The van der Waals surface area contributed by atoms with E-state index in [0.717, 1.165) is 86.3 Å². The summed E-state index contributed by atoms with van der Waals surface area (Å²) in [5, 5.41) is 0.833. The number of aromatic nitrogens is 2. The third-order valence-corrected chi connectivity index (χ3v) is 5.86. The van der Waals surface area contributed by atoms with E-state index in [4.69, 9.17) is 31.0 Å². The van der Waals surface area contributed by atoms with Crippen LogP contribution in [0.15, 0.2) is 24.3 Å². The van der Waals surface area contributed by atoms with Crippen molar-refractivity contribution >= 4 is 11.6 Å². The van der Waals surface area contributed by atoms with Gasteiger partial charge < -0.3 is 9.47 Å². The summed E-state index contributed by atoms with van der Waals surface area (Å²) < 4.78 is 12.1. The van der Waals surface area contributed by atoms with Gasteiger partial charge in [0.15, 0.2) is 0 Å². The maximum Gasteiger partial charge on any atom is 0.220 e. The fraction of sp³-hybridized carbons (Fsp3) is 0.545. The van der Waals surface area contributed by atoms with Gasteiger partial charge in [-0.25, -0.2) is 4.98 Å². The van der Waals surface area contributed by atoms with E-state index in [1.54, 1.807) is 0 Å². The minimum absolute atomic E-state index is 0.143. The molecule has 1 saturated heterocycles. The number of nitrogens with zero attached hydrogens (tertiary/aromatic N) is 3. The number of ether oxygens (including phenoxy) is 2. The maximum absolute atomic E-state index is 6.47. The van der Waals surface area contributed by atoms with Gasteiger partial charge >= 0.3 is 0 Å². The third kappa shape index (κ3) is 4.65. The van der Waals surface area contributed by atoms with Gasteiger partial charge in [0.2, 0.25) is 5.88 Å². The van der Waals surface area contributed by atoms with Crippen molar-refractivity contribution in [3.8, 4) is 5.88 Å². The Morgan fingerprint density at radius 1 is 1.21 bits per heavy atom. The Hall–Kier alpha value is -1.69. The van der Waals surface area contributed by atoms with Crippen molar-refractivity contribution in [2.45, 2.75) is 51.7 Å². The Morgan fingerprint density at radius 2 is 2.07 bits per heavy atom. The summed E-state index contributed by atoms with van der Waals surface area (Å²) in [6, 6.07) is 8.08. The molecular weight excluding hydrogens is 374 g/mol. The van der Waals surface area contributed by atoms with Gasteiger partial charge in [0.25, 0.3) is 0 Å². The highest BCUT2D eigenvalue weighted by Crippen LogP contribution is 2.27. The van der Waals surface area contributed by atoms with Gasteiger partial charge in [-0.15, -0.1) is 0 Å². The van der Waals surface area contributed by atoms with E-state index in [9.17, 15) is 0 Å². The summed E-state index contributed by atoms with van der Waals surface area (Å²) in [6.45, 7) is 6.34. The van der Waals surface area contributed by atoms with E-state index in [1.807, 2.05) is 18.2 Å². The zero-order valence-corrected chi connectivity index (χ0v) is 17.2. The summed E-state index contributed by atoms with van der Waals surface area (Å²) in [6.07, 6.45) is 4.79. The number of hydrogen-bond donors (Lipinski definition) is 0. The largest absolute Gasteiger partial charge is 0.473 e. The topological polar surface area (TPSA) is 47.5 Å². The minimum atomic E-state index is 0.143. The number of halogens is 1. The van der Waals surface area contributed by atoms with Crippen LogP contribution in [0.2, 0.25) is 5.02 Å². The zero-order chi connectivity index (χ0) is 19.3. The Morgan fingerprint density at radius 3 is 2.93 bits per heavy atom. The monoisotopic (exact) mass is 401 g/mol. The number of aryl methyl sites for hydroxylation is 1. The molecule has 3 heterocycles. The lowest BCUT2D eigenvalue weighted by molar-refractivity contribution is 0.0793. The number of hydrogen-bond acceptors (Lipinski definition) is 5. The SMILES string of the molecule is CCc1nc2c(c(O[C@H]3CCCN(Cc4ccccc4Cl)C3)n1)CCOCC2. The molecule has 2 aliphatic rings. The van der Waals surface area contributed by atoms with Crippen molar-refractivity contribution in [2.24, 2.45) is 0 Å². The Bertz CT molecular complexity index is 814. The molecule has 1 aromatic carbocycles. The van der Waals surface area contributed by atoms with Gasteiger partial charge in [-0.05, 0) is 31.0 Å². The van der Waals surface area contributed by atoms with Gasteiger partial charge in [-0.2, -0.15) is 4.98 Å². The van der Waals surface area contributed by atoms with Crippen LogP contribution in [0, 0.1) is 0 Å². The lowest BCUT2D eigenvalue weighted by atomic mass is 10.1. The average molecular weight is 402 g/mol. The standard InChI is InChI=1S/C22H28ClN3O2/c1-2-21-24-20-10-13-27-12-9-18(20)22(25-21)28-17-7-5-11-26(15-17)14-16-6-3-4-8-19(16)23/h3-4,6,8,17H,2,5,7,9-15H2,1H3/t17-/m0/s1. The molecule has 0 radical (unpaired) electrons. The first-order chi connectivity index (χ1) is 13.7. The van der Waals surface area contributed by atoms with Crippen LogP contribution in [0.25, 0.3) is 0 Å². The minimum Gasteiger partial charge on any atom is -0.473 e. The van der Waals surface area contributed by atoms with E-state index >= 15 is 0 Å². The predicted molar refractivity (Wildman–Crippen MR) is 110 cm³/mol. The average Bonchev–Trinajstić information content (AvgIpc) is 2.96. The van der Waals surface area contributed by atoms with Crippen LogP contribution in [-0.4, -0.2) is 47.3 Å². The van der Waals surface area contributed by atoms with E-state index in [2.05, 4.69) is 17.9 Å². The lowest BCUT2D eigenvalue weighted by Crippen LogP contribution is -2.41. The maximum atomic E-state index is 6.47. The van der Waals surface area contributed by atoms with Crippen molar-refractivity contribution in [1.29, 1.82) is 0 Å².